The average Bonchev–Trinajstić information content (AvgIpc) is 2.65. The van der Waals surface area contributed by atoms with E-state index in [0.717, 1.165) is 13.0 Å². The van der Waals surface area contributed by atoms with Gasteiger partial charge in [-0.05, 0) is 74.0 Å². The molecule has 0 aliphatic heterocycles. The second-order valence-corrected chi connectivity index (χ2v) is 9.67. The summed E-state index contributed by atoms with van der Waals surface area (Å²) in [6, 6.07) is 5.87. The molecule has 0 aliphatic rings. The van der Waals surface area contributed by atoms with Gasteiger partial charge in [-0.1, -0.05) is 18.2 Å². The van der Waals surface area contributed by atoms with Gasteiger partial charge in [-0.25, -0.2) is 4.39 Å². The molecule has 0 spiro atoms. The molecule has 0 saturated heterocycles. The summed E-state index contributed by atoms with van der Waals surface area (Å²) in [5.74, 6) is -1.38. The predicted molar refractivity (Wildman–Crippen MR) is 120 cm³/mol. The van der Waals surface area contributed by atoms with E-state index in [1.807, 2.05) is 22.6 Å². The van der Waals surface area contributed by atoms with Crippen molar-refractivity contribution in [1.82, 2.24) is 5.32 Å². The highest BCUT2D eigenvalue weighted by atomic mass is 127. The normalized spacial score (nSPS) is 12.9. The van der Waals surface area contributed by atoms with Gasteiger partial charge in [0.1, 0.15) is 0 Å². The van der Waals surface area contributed by atoms with Crippen molar-refractivity contribution in [1.29, 1.82) is 0 Å². The lowest BCUT2D eigenvalue weighted by Crippen LogP contribution is -2.50. The number of carbonyl (C=O) groups is 2. The molecule has 0 fully saturated rings. The molecule has 12 heteroatoms. The van der Waals surface area contributed by atoms with Gasteiger partial charge in [0.25, 0.3) is 11.8 Å². The largest absolute Gasteiger partial charge is 0.435 e. The van der Waals surface area contributed by atoms with Crippen molar-refractivity contribution in [3.05, 3.63) is 62.2 Å². The maximum atomic E-state index is 14.3. The van der Waals surface area contributed by atoms with Crippen LogP contribution in [0.25, 0.3) is 0 Å². The molecule has 0 atom stereocenters. The fourth-order valence-corrected chi connectivity index (χ4v) is 3.79. The number of carbonyl (C=O) groups excluding carboxylic acids is 2. The summed E-state index contributed by atoms with van der Waals surface area (Å²) in [6.45, 7) is 6.32. The van der Waals surface area contributed by atoms with Crippen LogP contribution in [0.4, 0.5) is 36.4 Å². The van der Waals surface area contributed by atoms with Crippen LogP contribution in [0.15, 0.2) is 36.4 Å². The zero-order valence-corrected chi connectivity index (χ0v) is 20.5. The highest BCUT2D eigenvalue weighted by molar-refractivity contribution is 14.1. The Morgan fingerprint density at radius 1 is 0.853 bits per heavy atom. The van der Waals surface area contributed by atoms with Crippen molar-refractivity contribution < 1.29 is 40.3 Å². The molecule has 4 nitrogen and oxygen atoms in total. The van der Waals surface area contributed by atoms with E-state index in [0.29, 0.717) is 15.7 Å². The van der Waals surface area contributed by atoms with Crippen LogP contribution in [-0.2, 0) is 5.67 Å². The van der Waals surface area contributed by atoms with E-state index < -0.39 is 40.9 Å². The summed E-state index contributed by atoms with van der Waals surface area (Å²) >= 11 is 1.86. The van der Waals surface area contributed by atoms with Gasteiger partial charge in [-0.3, -0.25) is 9.59 Å². The average molecular weight is 604 g/mol. The third kappa shape index (κ3) is 5.63. The highest BCUT2D eigenvalue weighted by Gasteiger charge is 2.73. The van der Waals surface area contributed by atoms with E-state index in [2.05, 4.69) is 10.6 Å². The van der Waals surface area contributed by atoms with Crippen LogP contribution in [0.1, 0.15) is 52.6 Å². The van der Waals surface area contributed by atoms with Gasteiger partial charge in [0.05, 0.1) is 11.1 Å². The highest BCUT2D eigenvalue weighted by Crippen LogP contribution is 2.53. The van der Waals surface area contributed by atoms with Crippen molar-refractivity contribution in [3.8, 4) is 0 Å². The van der Waals surface area contributed by atoms with Gasteiger partial charge in [0.2, 0.25) is 0 Å². The van der Waals surface area contributed by atoms with Crippen molar-refractivity contribution >= 4 is 40.1 Å². The number of nitrogens with one attached hydrogen (secondary N) is 2. The molecule has 0 unspecified atom stereocenters. The molecule has 2 aromatic carbocycles. The first-order valence-electron chi connectivity index (χ1n) is 9.65. The maximum absolute atomic E-state index is 14.3. The number of anilines is 1. The Balaban J connectivity index is 2.45. The number of halogens is 8. The molecule has 186 valence electrons. The summed E-state index contributed by atoms with van der Waals surface area (Å²) in [5, 5.41) is 5.08. The number of amides is 2. The molecule has 0 radical (unpaired) electrons. The molecule has 0 heterocycles. The summed E-state index contributed by atoms with van der Waals surface area (Å²) in [7, 11) is 0. The molecule has 2 aromatic rings. The lowest BCUT2D eigenvalue weighted by Gasteiger charge is -2.30. The number of rotatable bonds is 4. The van der Waals surface area contributed by atoms with E-state index in [9.17, 15) is 40.3 Å². The van der Waals surface area contributed by atoms with Crippen LogP contribution in [0, 0.1) is 10.5 Å². The van der Waals surface area contributed by atoms with Crippen molar-refractivity contribution in [3.63, 3.8) is 0 Å². The summed E-state index contributed by atoms with van der Waals surface area (Å²) in [5.41, 5.74) is -8.28. The summed E-state index contributed by atoms with van der Waals surface area (Å²) < 4.78 is 92.9. The first-order valence-corrected chi connectivity index (χ1v) is 10.7. The third-order valence-corrected chi connectivity index (χ3v) is 5.53. The first kappa shape index (κ1) is 27.9. The van der Waals surface area contributed by atoms with Crippen molar-refractivity contribution in [2.24, 2.45) is 0 Å². The number of benzene rings is 2. The molecule has 2 rings (SSSR count). The van der Waals surface area contributed by atoms with E-state index in [-0.39, 0.29) is 22.4 Å². The summed E-state index contributed by atoms with van der Waals surface area (Å²) in [6.07, 6.45) is -12.5. The van der Waals surface area contributed by atoms with Gasteiger partial charge >= 0.3 is 18.0 Å². The summed E-state index contributed by atoms with van der Waals surface area (Å²) in [4.78, 5) is 25.6. The minimum Gasteiger partial charge on any atom is -0.347 e. The van der Waals surface area contributed by atoms with Gasteiger partial charge in [0.15, 0.2) is 0 Å². The fraction of sp³-hybridized carbons (Fsp3) is 0.364. The van der Waals surface area contributed by atoms with E-state index in [1.165, 1.54) is 12.1 Å². The minimum atomic E-state index is -6.25. The van der Waals surface area contributed by atoms with Crippen LogP contribution >= 0.6 is 22.6 Å². The second-order valence-electron chi connectivity index (χ2n) is 8.50. The molecule has 0 aromatic heterocycles. The standard InChI is InChI=1S/C22H20F7IN2O2/c1-11-10-12(20(23,21(24,25)26)22(27,28)29)8-9-15(11)31-17(33)13-6-5-7-14(30)16(13)18(34)32-19(2,3)4/h5-10H,1-4H3,(H,31,33)(H,32,34). The zero-order chi connectivity index (χ0) is 26.3. The Morgan fingerprint density at radius 2 is 1.41 bits per heavy atom. The lowest BCUT2D eigenvalue weighted by atomic mass is 9.92. The maximum Gasteiger partial charge on any atom is 0.435 e. The molecule has 0 aliphatic carbocycles. The molecule has 0 bridgehead atoms. The SMILES string of the molecule is Cc1cc(C(F)(C(F)(F)F)C(F)(F)F)ccc1NC(=O)c1cccc(I)c1C(=O)NC(C)(C)C. The number of aryl methyl sites for hydroxylation is 1. The quantitative estimate of drug-likeness (QED) is 0.303. The Kier molecular flexibility index (Phi) is 7.66. The van der Waals surface area contributed by atoms with Crippen LogP contribution in [0.2, 0.25) is 0 Å². The van der Waals surface area contributed by atoms with Crippen LogP contribution in [-0.4, -0.2) is 29.7 Å². The monoisotopic (exact) mass is 604 g/mol. The van der Waals surface area contributed by atoms with Crippen LogP contribution in [0.5, 0.6) is 0 Å². The van der Waals surface area contributed by atoms with E-state index >= 15 is 0 Å². The molecule has 2 N–H and O–H groups in total. The van der Waals surface area contributed by atoms with E-state index in [1.54, 1.807) is 26.8 Å². The first-order chi connectivity index (χ1) is 15.3. The van der Waals surface area contributed by atoms with Gasteiger partial charge < -0.3 is 10.6 Å². The van der Waals surface area contributed by atoms with Crippen molar-refractivity contribution in [2.75, 3.05) is 5.32 Å². The molecular weight excluding hydrogens is 584 g/mol. The number of hydrogen-bond donors (Lipinski definition) is 2. The number of alkyl halides is 7. The Hall–Kier alpha value is -2.38. The minimum absolute atomic E-state index is 0.0433. The van der Waals surface area contributed by atoms with E-state index in [4.69, 9.17) is 0 Å². The Morgan fingerprint density at radius 3 is 1.88 bits per heavy atom. The molecule has 0 saturated carbocycles. The van der Waals surface area contributed by atoms with Gasteiger partial charge in [-0.15, -0.1) is 0 Å². The van der Waals surface area contributed by atoms with Gasteiger partial charge in [0, 0.05) is 20.4 Å². The third-order valence-electron chi connectivity index (χ3n) is 4.63. The molecular formula is C22H20F7IN2O2. The lowest BCUT2D eigenvalue weighted by molar-refractivity contribution is -0.348. The molecule has 2 amide bonds. The Bertz CT molecular complexity index is 1090. The van der Waals surface area contributed by atoms with Crippen molar-refractivity contribution in [2.45, 2.75) is 51.3 Å². The van der Waals surface area contributed by atoms with Crippen LogP contribution in [0.3, 0.4) is 0 Å². The zero-order valence-electron chi connectivity index (χ0n) is 18.3. The molecule has 34 heavy (non-hydrogen) atoms. The topological polar surface area (TPSA) is 58.2 Å². The Labute approximate surface area is 204 Å². The second kappa shape index (κ2) is 9.34. The fourth-order valence-electron chi connectivity index (χ4n) is 3.04. The smallest absolute Gasteiger partial charge is 0.347 e. The predicted octanol–water partition coefficient (Wildman–Crippen LogP) is 6.67. The number of hydrogen-bond acceptors (Lipinski definition) is 2. The van der Waals surface area contributed by atoms with Gasteiger partial charge in [-0.2, -0.15) is 26.3 Å². The van der Waals surface area contributed by atoms with Crippen LogP contribution < -0.4 is 10.6 Å².